The number of esters is 2. The van der Waals surface area contributed by atoms with Gasteiger partial charge in [0.2, 0.25) is 0 Å². The van der Waals surface area contributed by atoms with Gasteiger partial charge in [-0.3, -0.25) is 0 Å². The molecular formula is C8H13NO4. The quantitative estimate of drug-likeness (QED) is 0.468. The minimum atomic E-state index is -0.599. The molecular weight excluding hydrogens is 174 g/mol. The largest absolute Gasteiger partial charge is 0.463 e. The van der Waals surface area contributed by atoms with E-state index < -0.39 is 11.9 Å². The Morgan fingerprint density at radius 2 is 1.77 bits per heavy atom. The first-order valence-electron chi connectivity index (χ1n) is 3.92. The van der Waals surface area contributed by atoms with Gasteiger partial charge >= 0.3 is 11.9 Å². The molecule has 0 aliphatic carbocycles. The first-order chi connectivity index (χ1) is 6.20. The molecule has 0 bridgehead atoms. The molecule has 0 aromatic carbocycles. The van der Waals surface area contributed by atoms with Crippen molar-refractivity contribution in [2.45, 2.75) is 6.92 Å². The lowest BCUT2D eigenvalue weighted by Crippen LogP contribution is -2.12. The molecule has 0 aliphatic rings. The monoisotopic (exact) mass is 187 g/mol. The van der Waals surface area contributed by atoms with Crippen LogP contribution in [0.1, 0.15) is 6.92 Å². The number of hydrogen-bond acceptors (Lipinski definition) is 5. The third kappa shape index (κ3) is 7.02. The Morgan fingerprint density at radius 1 is 1.23 bits per heavy atom. The number of ether oxygens (including phenoxy) is 2. The summed E-state index contributed by atoms with van der Waals surface area (Å²) in [6, 6.07) is 0. The number of hydrogen-bond donors (Lipinski definition) is 1. The fraction of sp³-hybridized carbons (Fsp3) is 0.500. The highest BCUT2D eigenvalue weighted by atomic mass is 16.5. The SMILES string of the molecule is CCOC(=O)C=CC(=O)OCCN. The first-order valence-corrected chi connectivity index (χ1v) is 3.92. The van der Waals surface area contributed by atoms with E-state index in [1.807, 2.05) is 0 Å². The van der Waals surface area contributed by atoms with Gasteiger partial charge < -0.3 is 15.2 Å². The van der Waals surface area contributed by atoms with Crippen LogP contribution in [0.5, 0.6) is 0 Å². The van der Waals surface area contributed by atoms with Crippen LogP contribution >= 0.6 is 0 Å². The molecule has 0 saturated heterocycles. The van der Waals surface area contributed by atoms with E-state index in [0.717, 1.165) is 12.2 Å². The molecule has 74 valence electrons. The van der Waals surface area contributed by atoms with Crippen molar-refractivity contribution in [1.29, 1.82) is 0 Å². The molecule has 2 N–H and O–H groups in total. The van der Waals surface area contributed by atoms with Crippen LogP contribution in [0.25, 0.3) is 0 Å². The van der Waals surface area contributed by atoms with Gasteiger partial charge in [-0.25, -0.2) is 9.59 Å². The fourth-order valence-electron chi connectivity index (χ4n) is 0.534. The second kappa shape index (κ2) is 7.30. The third-order valence-electron chi connectivity index (χ3n) is 1.00. The van der Waals surface area contributed by atoms with Crippen LogP contribution < -0.4 is 5.73 Å². The van der Waals surface area contributed by atoms with Gasteiger partial charge in [0.05, 0.1) is 6.61 Å². The molecule has 0 spiro atoms. The molecule has 0 atom stereocenters. The average Bonchev–Trinajstić information content (AvgIpc) is 2.12. The molecule has 0 saturated carbocycles. The van der Waals surface area contributed by atoms with Crippen molar-refractivity contribution in [3.8, 4) is 0 Å². The average molecular weight is 187 g/mol. The van der Waals surface area contributed by atoms with E-state index in [1.165, 1.54) is 0 Å². The molecule has 0 radical (unpaired) electrons. The lowest BCUT2D eigenvalue weighted by molar-refractivity contribution is -0.140. The van der Waals surface area contributed by atoms with E-state index in [0.29, 0.717) is 0 Å². The van der Waals surface area contributed by atoms with Crippen LogP contribution in [-0.4, -0.2) is 31.7 Å². The maximum Gasteiger partial charge on any atom is 0.331 e. The Hall–Kier alpha value is -1.36. The summed E-state index contributed by atoms with van der Waals surface area (Å²) in [7, 11) is 0. The summed E-state index contributed by atoms with van der Waals surface area (Å²) in [5.74, 6) is -1.16. The molecule has 0 fully saturated rings. The second-order valence-electron chi connectivity index (χ2n) is 2.04. The molecule has 5 nitrogen and oxygen atoms in total. The Kier molecular flexibility index (Phi) is 6.53. The summed E-state index contributed by atoms with van der Waals surface area (Å²) in [4.78, 5) is 21.4. The Morgan fingerprint density at radius 3 is 2.23 bits per heavy atom. The molecule has 5 heteroatoms. The lowest BCUT2D eigenvalue weighted by atomic mass is 10.5. The van der Waals surface area contributed by atoms with Crippen molar-refractivity contribution in [2.75, 3.05) is 19.8 Å². The summed E-state index contributed by atoms with van der Waals surface area (Å²) in [5.41, 5.74) is 5.09. The van der Waals surface area contributed by atoms with Crippen molar-refractivity contribution >= 4 is 11.9 Å². The Balaban J connectivity index is 3.69. The second-order valence-corrected chi connectivity index (χ2v) is 2.04. The van der Waals surface area contributed by atoms with Crippen molar-refractivity contribution in [1.82, 2.24) is 0 Å². The van der Waals surface area contributed by atoms with Crippen LogP contribution in [0.4, 0.5) is 0 Å². The summed E-state index contributed by atoms with van der Waals surface area (Å²) < 4.78 is 9.10. The summed E-state index contributed by atoms with van der Waals surface area (Å²) in [6.45, 7) is 2.37. The van der Waals surface area contributed by atoms with Gasteiger partial charge in [-0.1, -0.05) is 0 Å². The molecule has 0 amide bonds. The maximum atomic E-state index is 10.7. The molecule has 13 heavy (non-hydrogen) atoms. The van der Waals surface area contributed by atoms with Gasteiger partial charge in [-0.2, -0.15) is 0 Å². The first kappa shape index (κ1) is 11.6. The highest BCUT2D eigenvalue weighted by Crippen LogP contribution is 1.84. The Bertz CT molecular complexity index is 200. The topological polar surface area (TPSA) is 78.6 Å². The number of rotatable bonds is 5. The van der Waals surface area contributed by atoms with Crippen molar-refractivity contribution < 1.29 is 19.1 Å². The van der Waals surface area contributed by atoms with Gasteiger partial charge in [0.1, 0.15) is 6.61 Å². The fourth-order valence-corrected chi connectivity index (χ4v) is 0.534. The minimum Gasteiger partial charge on any atom is -0.463 e. The zero-order valence-electron chi connectivity index (χ0n) is 7.49. The van der Waals surface area contributed by atoms with E-state index in [1.54, 1.807) is 6.92 Å². The number of nitrogens with two attached hydrogens (primary N) is 1. The molecule has 0 heterocycles. The number of carbonyl (C=O) groups excluding carboxylic acids is 2. The third-order valence-corrected chi connectivity index (χ3v) is 1.00. The zero-order chi connectivity index (χ0) is 10.1. The van der Waals surface area contributed by atoms with Crippen molar-refractivity contribution in [3.63, 3.8) is 0 Å². The smallest absolute Gasteiger partial charge is 0.331 e. The summed E-state index contributed by atoms with van der Waals surface area (Å²) in [6.07, 6.45) is 2.02. The molecule has 0 rings (SSSR count). The van der Waals surface area contributed by atoms with Gasteiger partial charge in [0.25, 0.3) is 0 Å². The minimum absolute atomic E-state index is 0.145. The lowest BCUT2D eigenvalue weighted by Gasteiger charge is -1.97. The standard InChI is InChI=1S/C8H13NO4/c1-2-12-7(10)3-4-8(11)13-6-5-9/h3-4H,2,5-6,9H2,1H3. The normalized spacial score (nSPS) is 10.0. The highest BCUT2D eigenvalue weighted by molar-refractivity contribution is 5.91. The van der Waals surface area contributed by atoms with Crippen LogP contribution in [-0.2, 0) is 19.1 Å². The van der Waals surface area contributed by atoms with E-state index in [4.69, 9.17) is 5.73 Å². The highest BCUT2D eigenvalue weighted by Gasteiger charge is 1.98. The molecule has 0 aliphatic heterocycles. The zero-order valence-corrected chi connectivity index (χ0v) is 7.49. The van der Waals surface area contributed by atoms with Gasteiger partial charge in [-0.15, -0.1) is 0 Å². The molecule has 0 aromatic rings. The van der Waals surface area contributed by atoms with Crippen molar-refractivity contribution in [2.24, 2.45) is 5.73 Å². The van der Waals surface area contributed by atoms with Crippen molar-refractivity contribution in [3.05, 3.63) is 12.2 Å². The van der Waals surface area contributed by atoms with Gasteiger partial charge in [-0.05, 0) is 6.92 Å². The van der Waals surface area contributed by atoms with Crippen LogP contribution in [0.2, 0.25) is 0 Å². The molecule has 0 aromatic heterocycles. The van der Waals surface area contributed by atoms with Crippen LogP contribution in [0.15, 0.2) is 12.2 Å². The van der Waals surface area contributed by atoms with E-state index in [-0.39, 0.29) is 19.8 Å². The Labute approximate surface area is 76.5 Å². The van der Waals surface area contributed by atoms with Crippen LogP contribution in [0, 0.1) is 0 Å². The predicted octanol–water partition coefficient (Wildman–Crippen LogP) is -0.392. The van der Waals surface area contributed by atoms with E-state index in [2.05, 4.69) is 9.47 Å². The summed E-state index contributed by atoms with van der Waals surface area (Å²) in [5, 5.41) is 0. The van der Waals surface area contributed by atoms with E-state index >= 15 is 0 Å². The van der Waals surface area contributed by atoms with E-state index in [9.17, 15) is 9.59 Å². The predicted molar refractivity (Wildman–Crippen MR) is 45.8 cm³/mol. The van der Waals surface area contributed by atoms with Gasteiger partial charge in [0.15, 0.2) is 0 Å². The summed E-state index contributed by atoms with van der Waals surface area (Å²) >= 11 is 0. The van der Waals surface area contributed by atoms with Crippen LogP contribution in [0.3, 0.4) is 0 Å². The maximum absolute atomic E-state index is 10.7. The number of carbonyl (C=O) groups is 2. The van der Waals surface area contributed by atoms with Gasteiger partial charge in [0, 0.05) is 18.7 Å². The molecule has 0 unspecified atom stereocenters.